The van der Waals surface area contributed by atoms with Crippen molar-refractivity contribution < 1.29 is 22.6 Å². The standard InChI is InChI=1S/C10H9F3N4O2S/c11-10(12,13)19-8-4-2-1-3-7(8)18-5-6-9(15-14)20-17-16-6/h1-4,15H,5,14H2. The summed E-state index contributed by atoms with van der Waals surface area (Å²) in [7, 11) is 0. The molecule has 1 aromatic carbocycles. The van der Waals surface area contributed by atoms with E-state index in [-0.39, 0.29) is 12.4 Å². The van der Waals surface area contributed by atoms with Gasteiger partial charge in [0, 0.05) is 11.5 Å². The van der Waals surface area contributed by atoms with E-state index >= 15 is 0 Å². The number of hydrogen-bond donors (Lipinski definition) is 2. The molecule has 0 aliphatic carbocycles. The molecular weight excluding hydrogens is 297 g/mol. The summed E-state index contributed by atoms with van der Waals surface area (Å²) in [5, 5.41) is 4.22. The second-order valence-corrected chi connectivity index (χ2v) is 4.23. The van der Waals surface area contributed by atoms with Crippen molar-refractivity contribution in [2.75, 3.05) is 5.43 Å². The summed E-state index contributed by atoms with van der Waals surface area (Å²) in [5.41, 5.74) is 2.76. The van der Waals surface area contributed by atoms with Crippen LogP contribution in [0.4, 0.5) is 18.2 Å². The lowest BCUT2D eigenvalue weighted by Gasteiger charge is -2.13. The van der Waals surface area contributed by atoms with Gasteiger partial charge in [0.25, 0.3) is 0 Å². The monoisotopic (exact) mass is 306 g/mol. The highest BCUT2D eigenvalue weighted by molar-refractivity contribution is 7.10. The number of benzene rings is 1. The molecule has 10 heteroatoms. The molecule has 0 amide bonds. The second kappa shape index (κ2) is 5.92. The first-order valence-electron chi connectivity index (χ1n) is 5.25. The van der Waals surface area contributed by atoms with Gasteiger partial charge in [0.05, 0.1) is 0 Å². The number of nitrogen functional groups attached to an aromatic ring is 1. The highest BCUT2D eigenvalue weighted by Crippen LogP contribution is 2.32. The lowest BCUT2D eigenvalue weighted by molar-refractivity contribution is -0.275. The van der Waals surface area contributed by atoms with Crippen LogP contribution in [0.15, 0.2) is 24.3 Å². The maximum absolute atomic E-state index is 12.2. The van der Waals surface area contributed by atoms with Crippen LogP contribution >= 0.6 is 11.5 Å². The molecule has 1 aromatic heterocycles. The van der Waals surface area contributed by atoms with Crippen LogP contribution in [0.3, 0.4) is 0 Å². The molecule has 1 heterocycles. The number of hydrazine groups is 1. The predicted molar refractivity (Wildman–Crippen MR) is 65.2 cm³/mol. The number of nitrogens with zero attached hydrogens (tertiary/aromatic N) is 2. The molecule has 0 saturated carbocycles. The molecule has 0 atom stereocenters. The minimum absolute atomic E-state index is 0.0548. The molecule has 0 bridgehead atoms. The van der Waals surface area contributed by atoms with Gasteiger partial charge >= 0.3 is 6.36 Å². The molecule has 20 heavy (non-hydrogen) atoms. The molecule has 0 unspecified atom stereocenters. The Hall–Kier alpha value is -2.07. The van der Waals surface area contributed by atoms with E-state index in [0.717, 1.165) is 17.6 Å². The Balaban J connectivity index is 2.10. The van der Waals surface area contributed by atoms with E-state index in [9.17, 15) is 13.2 Å². The first-order valence-corrected chi connectivity index (χ1v) is 6.02. The first kappa shape index (κ1) is 14.3. The average molecular weight is 306 g/mol. The number of anilines is 1. The fourth-order valence-electron chi connectivity index (χ4n) is 1.34. The van der Waals surface area contributed by atoms with Crippen LogP contribution in [-0.2, 0) is 6.61 Å². The zero-order chi connectivity index (χ0) is 14.6. The van der Waals surface area contributed by atoms with Crippen molar-refractivity contribution in [2.45, 2.75) is 13.0 Å². The largest absolute Gasteiger partial charge is 0.573 e. The smallest absolute Gasteiger partial charge is 0.483 e. The summed E-state index contributed by atoms with van der Waals surface area (Å²) in [4.78, 5) is 0. The third-order valence-corrected chi connectivity index (χ3v) is 2.83. The molecule has 2 rings (SSSR count). The molecule has 0 spiro atoms. The van der Waals surface area contributed by atoms with Crippen LogP contribution in [0.2, 0.25) is 0 Å². The zero-order valence-corrected chi connectivity index (χ0v) is 10.7. The van der Waals surface area contributed by atoms with E-state index in [0.29, 0.717) is 10.7 Å². The Morgan fingerprint density at radius 3 is 2.60 bits per heavy atom. The van der Waals surface area contributed by atoms with Gasteiger partial charge in [-0.1, -0.05) is 16.6 Å². The predicted octanol–water partition coefficient (Wildman–Crippen LogP) is 2.30. The van der Waals surface area contributed by atoms with Crippen molar-refractivity contribution in [3.8, 4) is 11.5 Å². The van der Waals surface area contributed by atoms with Crippen molar-refractivity contribution in [1.29, 1.82) is 0 Å². The van der Waals surface area contributed by atoms with Gasteiger partial charge in [-0.15, -0.1) is 18.3 Å². The quantitative estimate of drug-likeness (QED) is 0.651. The summed E-state index contributed by atoms with van der Waals surface area (Å²) in [6.07, 6.45) is -4.79. The molecule has 108 valence electrons. The van der Waals surface area contributed by atoms with Gasteiger partial charge in [0.2, 0.25) is 0 Å². The Bertz CT molecular complexity index is 576. The maximum Gasteiger partial charge on any atom is 0.573 e. The summed E-state index contributed by atoms with van der Waals surface area (Å²) in [5.74, 6) is 4.75. The van der Waals surface area contributed by atoms with Gasteiger partial charge < -0.3 is 14.9 Å². The summed E-state index contributed by atoms with van der Waals surface area (Å²) in [6, 6.07) is 5.45. The van der Waals surface area contributed by atoms with Crippen molar-refractivity contribution in [2.24, 2.45) is 5.84 Å². The van der Waals surface area contributed by atoms with E-state index in [4.69, 9.17) is 10.6 Å². The van der Waals surface area contributed by atoms with E-state index < -0.39 is 12.1 Å². The number of ether oxygens (including phenoxy) is 2. The van der Waals surface area contributed by atoms with Gasteiger partial charge in [-0.25, -0.2) is 5.84 Å². The minimum atomic E-state index is -4.79. The zero-order valence-electron chi connectivity index (χ0n) is 9.85. The Kier molecular flexibility index (Phi) is 4.25. The summed E-state index contributed by atoms with van der Waals surface area (Å²) in [6.45, 7) is -0.0890. The van der Waals surface area contributed by atoms with Gasteiger partial charge in [-0.3, -0.25) is 0 Å². The van der Waals surface area contributed by atoms with Crippen LogP contribution in [0.1, 0.15) is 5.69 Å². The number of aromatic nitrogens is 2. The number of nitrogens with one attached hydrogen (secondary N) is 1. The van der Waals surface area contributed by atoms with Gasteiger partial charge in [-0.2, -0.15) is 0 Å². The highest BCUT2D eigenvalue weighted by atomic mass is 32.1. The van der Waals surface area contributed by atoms with Crippen LogP contribution < -0.4 is 20.7 Å². The summed E-state index contributed by atoms with van der Waals surface area (Å²) >= 11 is 1.01. The van der Waals surface area contributed by atoms with Gasteiger partial charge in [0.15, 0.2) is 16.5 Å². The number of para-hydroxylation sites is 2. The third kappa shape index (κ3) is 3.71. The SMILES string of the molecule is NNc1snnc1COc1ccccc1OC(F)(F)F. The van der Waals surface area contributed by atoms with Crippen molar-refractivity contribution in [1.82, 2.24) is 9.59 Å². The number of halogens is 3. The lowest BCUT2D eigenvalue weighted by atomic mass is 10.3. The fraction of sp³-hybridized carbons (Fsp3) is 0.200. The van der Waals surface area contributed by atoms with E-state index in [2.05, 4.69) is 19.7 Å². The molecule has 2 aromatic rings. The normalized spacial score (nSPS) is 11.2. The fourth-order valence-corrected chi connectivity index (χ4v) is 1.82. The number of rotatable bonds is 5. The molecule has 3 N–H and O–H groups in total. The number of hydrogen-bond acceptors (Lipinski definition) is 7. The molecule has 0 aliphatic rings. The Morgan fingerprint density at radius 2 is 1.95 bits per heavy atom. The van der Waals surface area contributed by atoms with Crippen molar-refractivity contribution >= 4 is 16.5 Å². The van der Waals surface area contributed by atoms with Crippen molar-refractivity contribution in [3.63, 3.8) is 0 Å². The van der Waals surface area contributed by atoms with Crippen molar-refractivity contribution in [3.05, 3.63) is 30.0 Å². The minimum Gasteiger partial charge on any atom is -0.483 e. The van der Waals surface area contributed by atoms with Crippen LogP contribution in [-0.4, -0.2) is 15.9 Å². The Labute approximate surface area is 115 Å². The average Bonchev–Trinajstić information content (AvgIpc) is 2.83. The third-order valence-electron chi connectivity index (χ3n) is 2.13. The van der Waals surface area contributed by atoms with Crippen LogP contribution in [0.25, 0.3) is 0 Å². The van der Waals surface area contributed by atoms with Crippen LogP contribution in [0, 0.1) is 0 Å². The van der Waals surface area contributed by atoms with Crippen LogP contribution in [0.5, 0.6) is 11.5 Å². The lowest BCUT2D eigenvalue weighted by Crippen LogP contribution is -2.17. The number of nitrogens with two attached hydrogens (primary N) is 1. The Morgan fingerprint density at radius 1 is 1.25 bits per heavy atom. The topological polar surface area (TPSA) is 82.3 Å². The second-order valence-electron chi connectivity index (χ2n) is 3.48. The highest BCUT2D eigenvalue weighted by Gasteiger charge is 2.32. The van der Waals surface area contributed by atoms with E-state index in [1.54, 1.807) is 0 Å². The molecule has 0 radical (unpaired) electrons. The molecule has 0 saturated heterocycles. The molecule has 0 aliphatic heterocycles. The summed E-state index contributed by atoms with van der Waals surface area (Å²) < 4.78 is 49.4. The van der Waals surface area contributed by atoms with E-state index in [1.807, 2.05) is 0 Å². The van der Waals surface area contributed by atoms with Gasteiger partial charge in [-0.05, 0) is 12.1 Å². The van der Waals surface area contributed by atoms with Gasteiger partial charge in [0.1, 0.15) is 12.3 Å². The molecular formula is C10H9F3N4O2S. The maximum atomic E-state index is 12.2. The number of alkyl halides is 3. The molecule has 0 fully saturated rings. The first-order chi connectivity index (χ1) is 9.49. The molecule has 6 nitrogen and oxygen atoms in total. The van der Waals surface area contributed by atoms with E-state index in [1.165, 1.54) is 18.2 Å².